The molecule has 4 nitrogen and oxygen atoms in total. The van der Waals surface area contributed by atoms with Gasteiger partial charge >= 0.3 is 0 Å². The highest BCUT2D eigenvalue weighted by Crippen LogP contribution is 2.38. The topological polar surface area (TPSA) is 54.0 Å². The smallest absolute Gasteiger partial charge is 0.256 e. The highest BCUT2D eigenvalue weighted by molar-refractivity contribution is 7.16. The first-order valence-corrected chi connectivity index (χ1v) is 10.9. The lowest BCUT2D eigenvalue weighted by Gasteiger charge is -2.21. The number of hydrogen-bond donors (Lipinski definition) is 2. The first kappa shape index (κ1) is 20.8. The molecule has 2 heterocycles. The second kappa shape index (κ2) is 9.53. The predicted octanol–water partition coefficient (Wildman–Crippen LogP) is 6.30. The van der Waals surface area contributed by atoms with Crippen LogP contribution in [0.1, 0.15) is 39.3 Å². The van der Waals surface area contributed by atoms with Gasteiger partial charge in [0.2, 0.25) is 0 Å². The molecule has 2 aromatic heterocycles. The molecular formula is C25H22FN3OS. The summed E-state index contributed by atoms with van der Waals surface area (Å²) in [5.41, 5.74) is 2.39. The van der Waals surface area contributed by atoms with Gasteiger partial charge in [-0.2, -0.15) is 0 Å². The van der Waals surface area contributed by atoms with Crippen LogP contribution in [0.2, 0.25) is 0 Å². The van der Waals surface area contributed by atoms with Crippen LogP contribution in [-0.4, -0.2) is 10.9 Å². The third-order valence-electron chi connectivity index (χ3n) is 4.89. The largest absolute Gasteiger partial charge is 0.359 e. The molecule has 0 aliphatic carbocycles. The average molecular weight is 432 g/mol. The Labute approximate surface area is 184 Å². The summed E-state index contributed by atoms with van der Waals surface area (Å²) in [6.07, 6.45) is 2.56. The SMILES string of the molecule is CCc1cc([C@@H](Nc2ccccn2)c2ccc(F)cc2)c(NC(=O)c2ccccc2)s1. The Kier molecular flexibility index (Phi) is 6.38. The van der Waals surface area contributed by atoms with Gasteiger partial charge in [0.1, 0.15) is 16.6 Å². The van der Waals surface area contributed by atoms with Crippen LogP contribution in [0.5, 0.6) is 0 Å². The van der Waals surface area contributed by atoms with E-state index in [0.29, 0.717) is 11.4 Å². The van der Waals surface area contributed by atoms with Gasteiger partial charge in [0.05, 0.1) is 6.04 Å². The Hall–Kier alpha value is -3.51. The van der Waals surface area contributed by atoms with Crippen molar-refractivity contribution in [3.05, 3.63) is 112 Å². The Morgan fingerprint density at radius 2 is 1.77 bits per heavy atom. The van der Waals surface area contributed by atoms with Crippen molar-refractivity contribution in [2.45, 2.75) is 19.4 Å². The number of aromatic nitrogens is 1. The molecule has 0 saturated heterocycles. The summed E-state index contributed by atoms with van der Waals surface area (Å²) in [5, 5.41) is 7.28. The molecule has 4 aromatic rings. The zero-order valence-corrected chi connectivity index (χ0v) is 17.8. The van der Waals surface area contributed by atoms with Crippen molar-refractivity contribution in [2.75, 3.05) is 10.6 Å². The van der Waals surface area contributed by atoms with E-state index in [4.69, 9.17) is 0 Å². The lowest BCUT2D eigenvalue weighted by atomic mass is 9.99. The summed E-state index contributed by atoms with van der Waals surface area (Å²) in [6, 6.07) is 22.9. The maximum atomic E-state index is 13.6. The second-order valence-electron chi connectivity index (χ2n) is 7.01. The molecule has 2 aromatic carbocycles. The lowest BCUT2D eigenvalue weighted by Crippen LogP contribution is -2.17. The summed E-state index contributed by atoms with van der Waals surface area (Å²) in [4.78, 5) is 18.4. The molecule has 0 saturated carbocycles. The molecule has 6 heteroatoms. The van der Waals surface area contributed by atoms with Gasteiger partial charge in [-0.1, -0.05) is 43.3 Å². The number of aryl methyl sites for hydroxylation is 1. The van der Waals surface area contributed by atoms with E-state index in [2.05, 4.69) is 28.6 Å². The van der Waals surface area contributed by atoms with Crippen molar-refractivity contribution in [2.24, 2.45) is 0 Å². The standard InChI is InChI=1S/C25H22FN3OS/c1-2-20-16-21(25(31-20)29-24(30)18-8-4-3-5-9-18)23(17-11-13-19(26)14-12-17)28-22-10-6-7-15-27-22/h3-16,23H,2H2,1H3,(H,27,28)(H,29,30)/t23-/m0/s1. The normalized spacial score (nSPS) is 11.7. The van der Waals surface area contributed by atoms with Crippen LogP contribution in [0.25, 0.3) is 0 Å². The van der Waals surface area contributed by atoms with E-state index in [-0.39, 0.29) is 17.8 Å². The number of halogens is 1. The molecule has 1 amide bonds. The Balaban J connectivity index is 1.74. The van der Waals surface area contributed by atoms with Gasteiger partial charge in [0.25, 0.3) is 5.91 Å². The minimum absolute atomic E-state index is 0.165. The van der Waals surface area contributed by atoms with Gasteiger partial charge in [0, 0.05) is 22.2 Å². The molecule has 0 fully saturated rings. The van der Waals surface area contributed by atoms with Gasteiger partial charge in [-0.25, -0.2) is 9.37 Å². The number of hydrogen-bond acceptors (Lipinski definition) is 4. The molecule has 0 radical (unpaired) electrons. The van der Waals surface area contributed by atoms with E-state index < -0.39 is 0 Å². The number of rotatable bonds is 7. The van der Waals surface area contributed by atoms with Crippen LogP contribution < -0.4 is 10.6 Å². The van der Waals surface area contributed by atoms with Crippen LogP contribution >= 0.6 is 11.3 Å². The number of benzene rings is 2. The van der Waals surface area contributed by atoms with E-state index in [1.165, 1.54) is 12.1 Å². The van der Waals surface area contributed by atoms with Gasteiger partial charge in [0.15, 0.2) is 0 Å². The summed E-state index contributed by atoms with van der Waals surface area (Å²) in [7, 11) is 0. The van der Waals surface area contributed by atoms with Gasteiger partial charge in [-0.3, -0.25) is 4.79 Å². The third-order valence-corrected chi connectivity index (χ3v) is 6.11. The minimum atomic E-state index is -0.307. The highest BCUT2D eigenvalue weighted by atomic mass is 32.1. The maximum absolute atomic E-state index is 13.6. The fraction of sp³-hybridized carbons (Fsp3) is 0.120. The predicted molar refractivity (Wildman–Crippen MR) is 124 cm³/mol. The molecule has 0 spiro atoms. The van der Waals surface area contributed by atoms with Crippen molar-refractivity contribution in [3.8, 4) is 0 Å². The summed E-state index contributed by atoms with van der Waals surface area (Å²) in [5.74, 6) is 0.237. The van der Waals surface area contributed by atoms with Crippen molar-refractivity contribution in [1.29, 1.82) is 0 Å². The van der Waals surface area contributed by atoms with E-state index in [1.807, 2.05) is 36.4 Å². The van der Waals surface area contributed by atoms with Crippen LogP contribution in [0.4, 0.5) is 15.2 Å². The number of carbonyl (C=O) groups is 1. The van der Waals surface area contributed by atoms with Crippen LogP contribution in [0, 0.1) is 5.82 Å². The van der Waals surface area contributed by atoms with Crippen LogP contribution in [-0.2, 0) is 6.42 Å². The van der Waals surface area contributed by atoms with E-state index in [0.717, 1.165) is 27.4 Å². The van der Waals surface area contributed by atoms with Crippen molar-refractivity contribution in [1.82, 2.24) is 4.98 Å². The zero-order chi connectivity index (χ0) is 21.6. The molecule has 31 heavy (non-hydrogen) atoms. The number of carbonyl (C=O) groups excluding carboxylic acids is 1. The molecule has 2 N–H and O–H groups in total. The first-order valence-electron chi connectivity index (χ1n) is 10.1. The number of thiophene rings is 1. The Morgan fingerprint density at radius 1 is 1.03 bits per heavy atom. The van der Waals surface area contributed by atoms with Crippen molar-refractivity contribution < 1.29 is 9.18 Å². The van der Waals surface area contributed by atoms with E-state index >= 15 is 0 Å². The van der Waals surface area contributed by atoms with Gasteiger partial charge < -0.3 is 10.6 Å². The van der Waals surface area contributed by atoms with E-state index in [1.54, 1.807) is 41.8 Å². The fourth-order valence-electron chi connectivity index (χ4n) is 3.30. The zero-order valence-electron chi connectivity index (χ0n) is 17.0. The molecule has 1 atom stereocenters. The number of nitrogens with zero attached hydrogens (tertiary/aromatic N) is 1. The average Bonchev–Trinajstić information content (AvgIpc) is 3.22. The summed E-state index contributed by atoms with van der Waals surface area (Å²) >= 11 is 1.55. The minimum Gasteiger partial charge on any atom is -0.359 e. The van der Waals surface area contributed by atoms with Crippen LogP contribution in [0.15, 0.2) is 85.1 Å². The Morgan fingerprint density at radius 3 is 2.45 bits per heavy atom. The fourth-order valence-corrected chi connectivity index (χ4v) is 4.33. The first-order chi connectivity index (χ1) is 15.1. The van der Waals surface area contributed by atoms with E-state index in [9.17, 15) is 9.18 Å². The highest BCUT2D eigenvalue weighted by Gasteiger charge is 2.22. The number of amides is 1. The molecule has 0 aliphatic rings. The lowest BCUT2D eigenvalue weighted by molar-refractivity contribution is 0.102. The Bertz CT molecular complexity index is 1140. The quantitative estimate of drug-likeness (QED) is 0.361. The number of anilines is 2. The summed E-state index contributed by atoms with van der Waals surface area (Å²) in [6.45, 7) is 2.08. The molecule has 156 valence electrons. The monoisotopic (exact) mass is 431 g/mol. The second-order valence-corrected chi connectivity index (χ2v) is 8.15. The molecule has 4 rings (SSSR count). The van der Waals surface area contributed by atoms with Crippen molar-refractivity contribution in [3.63, 3.8) is 0 Å². The maximum Gasteiger partial charge on any atom is 0.256 e. The molecule has 0 unspecified atom stereocenters. The summed E-state index contributed by atoms with van der Waals surface area (Å²) < 4.78 is 13.6. The number of nitrogens with one attached hydrogen (secondary N) is 2. The molecule has 0 bridgehead atoms. The van der Waals surface area contributed by atoms with Gasteiger partial charge in [-0.15, -0.1) is 11.3 Å². The van der Waals surface area contributed by atoms with Crippen molar-refractivity contribution >= 4 is 28.1 Å². The van der Waals surface area contributed by atoms with Crippen LogP contribution in [0.3, 0.4) is 0 Å². The third kappa shape index (κ3) is 4.98. The molecule has 0 aliphatic heterocycles. The number of pyridine rings is 1. The van der Waals surface area contributed by atoms with Gasteiger partial charge in [-0.05, 0) is 54.4 Å². The molecular weight excluding hydrogens is 409 g/mol.